The fraction of sp³-hybridized carbons (Fsp3) is 0.320. The van der Waals surface area contributed by atoms with Crippen molar-refractivity contribution < 1.29 is 13.9 Å². The summed E-state index contributed by atoms with van der Waals surface area (Å²) in [5.41, 5.74) is 5.28. The first-order chi connectivity index (χ1) is 15.3. The highest BCUT2D eigenvalue weighted by atomic mass is 32.2. The number of fused-ring (bicyclic) bond motifs is 1. The molecule has 0 saturated heterocycles. The Morgan fingerprint density at radius 3 is 2.75 bits per heavy atom. The van der Waals surface area contributed by atoms with Crippen LogP contribution in [0, 0.1) is 13.8 Å². The number of rotatable bonds is 7. The van der Waals surface area contributed by atoms with Gasteiger partial charge in [-0.05, 0) is 42.7 Å². The first-order valence-corrected chi connectivity index (χ1v) is 11.5. The summed E-state index contributed by atoms with van der Waals surface area (Å²) in [5, 5.41) is 8.42. The molecule has 0 N–H and O–H groups in total. The van der Waals surface area contributed by atoms with Crippen molar-refractivity contribution in [2.24, 2.45) is 0 Å². The van der Waals surface area contributed by atoms with Gasteiger partial charge in [-0.1, -0.05) is 55.9 Å². The summed E-state index contributed by atoms with van der Waals surface area (Å²) < 4.78 is 11.5. The average Bonchev–Trinajstić information content (AvgIpc) is 3.30. The maximum absolute atomic E-state index is 12.7. The fourth-order valence-corrected chi connectivity index (χ4v) is 4.55. The van der Waals surface area contributed by atoms with Gasteiger partial charge in [0.15, 0.2) is 12.4 Å². The SMILES string of the molecule is Cc1ccc(C)c(OCc2nnc(SCC(=O)/C=C3\N(C)c4ccccc4C3(C)C)o2)c1. The Morgan fingerprint density at radius 2 is 1.97 bits per heavy atom. The van der Waals surface area contributed by atoms with Crippen LogP contribution in [-0.2, 0) is 16.8 Å². The highest BCUT2D eigenvalue weighted by molar-refractivity contribution is 7.99. The lowest BCUT2D eigenvalue weighted by molar-refractivity contribution is -0.112. The number of aryl methyl sites for hydroxylation is 2. The molecule has 0 fully saturated rings. The third kappa shape index (κ3) is 4.43. The summed E-state index contributed by atoms with van der Waals surface area (Å²) in [6, 6.07) is 14.3. The van der Waals surface area contributed by atoms with Crippen LogP contribution in [0.5, 0.6) is 5.75 Å². The molecule has 4 rings (SSSR count). The molecule has 1 aliphatic rings. The van der Waals surface area contributed by atoms with Crippen LogP contribution < -0.4 is 9.64 Å². The monoisotopic (exact) mass is 449 g/mol. The van der Waals surface area contributed by atoms with Gasteiger partial charge in [-0.3, -0.25) is 4.79 Å². The van der Waals surface area contributed by atoms with Crippen LogP contribution in [0.25, 0.3) is 0 Å². The molecule has 0 amide bonds. The Labute approximate surface area is 192 Å². The maximum Gasteiger partial charge on any atom is 0.277 e. The van der Waals surface area contributed by atoms with Gasteiger partial charge in [0.25, 0.3) is 11.1 Å². The lowest BCUT2D eigenvalue weighted by atomic mass is 9.83. The number of carbonyl (C=O) groups is 1. The van der Waals surface area contributed by atoms with Crippen LogP contribution in [0.2, 0.25) is 0 Å². The highest BCUT2D eigenvalue weighted by Gasteiger charge is 2.38. The van der Waals surface area contributed by atoms with Gasteiger partial charge in [0.2, 0.25) is 0 Å². The summed E-state index contributed by atoms with van der Waals surface area (Å²) in [4.78, 5) is 14.8. The first-order valence-electron chi connectivity index (χ1n) is 10.5. The number of allylic oxidation sites excluding steroid dienone is 2. The van der Waals surface area contributed by atoms with Gasteiger partial charge in [0.1, 0.15) is 5.75 Å². The minimum Gasteiger partial charge on any atom is -0.484 e. The molecule has 0 bridgehead atoms. The number of hydrogen-bond donors (Lipinski definition) is 0. The number of likely N-dealkylation sites (N-methyl/N-ethyl adjacent to an activating group) is 1. The molecule has 0 spiro atoms. The Balaban J connectivity index is 1.36. The molecule has 6 nitrogen and oxygen atoms in total. The van der Waals surface area contributed by atoms with Crippen molar-refractivity contribution >= 4 is 23.2 Å². The highest BCUT2D eigenvalue weighted by Crippen LogP contribution is 2.46. The topological polar surface area (TPSA) is 68.5 Å². The van der Waals surface area contributed by atoms with E-state index in [1.807, 2.05) is 51.2 Å². The molecule has 0 atom stereocenters. The van der Waals surface area contributed by atoms with E-state index in [2.05, 4.69) is 41.1 Å². The fourth-order valence-electron chi connectivity index (χ4n) is 3.94. The molecule has 7 heteroatoms. The van der Waals surface area contributed by atoms with Crippen LogP contribution in [0.15, 0.2) is 63.9 Å². The van der Waals surface area contributed by atoms with Gasteiger partial charge in [0, 0.05) is 29.9 Å². The van der Waals surface area contributed by atoms with Crippen molar-refractivity contribution in [2.75, 3.05) is 17.7 Å². The third-order valence-corrected chi connectivity index (χ3v) is 6.56. The Kier molecular flexibility index (Phi) is 6.11. The van der Waals surface area contributed by atoms with Crippen LogP contribution in [0.1, 0.15) is 36.4 Å². The number of nitrogens with zero attached hydrogens (tertiary/aromatic N) is 3. The Morgan fingerprint density at radius 1 is 1.19 bits per heavy atom. The quantitative estimate of drug-likeness (QED) is 0.361. The molecule has 1 aromatic heterocycles. The van der Waals surface area contributed by atoms with Gasteiger partial charge in [-0.15, -0.1) is 10.2 Å². The zero-order valence-electron chi connectivity index (χ0n) is 19.0. The molecule has 0 radical (unpaired) electrons. The van der Waals surface area contributed by atoms with E-state index in [0.29, 0.717) is 11.1 Å². The maximum atomic E-state index is 12.7. The number of ether oxygens (including phenoxy) is 1. The van der Waals surface area contributed by atoms with Crippen molar-refractivity contribution in [2.45, 2.75) is 44.9 Å². The smallest absolute Gasteiger partial charge is 0.277 e. The molecule has 2 heterocycles. The van der Waals surface area contributed by atoms with Crippen molar-refractivity contribution in [3.63, 3.8) is 0 Å². The summed E-state index contributed by atoms with van der Waals surface area (Å²) in [6.45, 7) is 8.48. The van der Waals surface area contributed by atoms with Crippen molar-refractivity contribution in [3.8, 4) is 5.75 Å². The van der Waals surface area contributed by atoms with Gasteiger partial charge in [-0.2, -0.15) is 0 Å². The van der Waals surface area contributed by atoms with Gasteiger partial charge >= 0.3 is 0 Å². The van der Waals surface area contributed by atoms with E-state index in [9.17, 15) is 4.79 Å². The van der Waals surface area contributed by atoms with E-state index < -0.39 is 0 Å². The minimum atomic E-state index is -0.228. The van der Waals surface area contributed by atoms with Crippen LogP contribution in [0.3, 0.4) is 0 Å². The average molecular weight is 450 g/mol. The summed E-state index contributed by atoms with van der Waals surface area (Å²) >= 11 is 1.24. The van der Waals surface area contributed by atoms with Gasteiger partial charge < -0.3 is 14.1 Å². The second kappa shape index (κ2) is 8.82. The number of carbonyl (C=O) groups excluding carboxylic acids is 1. The van der Waals surface area contributed by atoms with Crippen LogP contribution in [0.4, 0.5) is 5.69 Å². The molecule has 166 valence electrons. The molecule has 1 aliphatic heterocycles. The standard InChI is InChI=1S/C25H27N3O3S/c1-16-10-11-17(2)21(12-16)30-14-23-26-27-24(31-23)32-15-18(29)13-22-25(3,4)19-8-6-7-9-20(19)28(22)5/h6-13H,14-15H2,1-5H3/b22-13-. The van der Waals surface area contributed by atoms with E-state index in [4.69, 9.17) is 9.15 Å². The molecule has 3 aromatic rings. The third-order valence-electron chi connectivity index (χ3n) is 5.72. The number of hydrogen-bond acceptors (Lipinski definition) is 7. The number of thioether (sulfide) groups is 1. The van der Waals surface area contributed by atoms with Gasteiger partial charge in [0.05, 0.1) is 5.75 Å². The van der Waals surface area contributed by atoms with E-state index in [1.54, 1.807) is 6.08 Å². The Bertz CT molecular complexity index is 1180. The van der Waals surface area contributed by atoms with Crippen LogP contribution in [-0.4, -0.2) is 28.8 Å². The molecular formula is C25H27N3O3S. The summed E-state index contributed by atoms with van der Waals surface area (Å²) in [7, 11) is 2.00. The number of anilines is 1. The largest absolute Gasteiger partial charge is 0.484 e. The Hall–Kier alpha value is -3.06. The van der Waals surface area contributed by atoms with E-state index in [0.717, 1.165) is 28.3 Å². The molecule has 0 aliphatic carbocycles. The molecule has 0 unspecified atom stereocenters. The predicted molar refractivity (Wildman–Crippen MR) is 126 cm³/mol. The zero-order chi connectivity index (χ0) is 22.9. The van der Waals surface area contributed by atoms with E-state index >= 15 is 0 Å². The molecule has 0 saturated carbocycles. The summed E-state index contributed by atoms with van der Waals surface area (Å²) in [6.07, 6.45) is 1.73. The predicted octanol–water partition coefficient (Wildman–Crippen LogP) is 5.24. The molecule has 32 heavy (non-hydrogen) atoms. The van der Waals surface area contributed by atoms with E-state index in [-0.39, 0.29) is 23.6 Å². The van der Waals surface area contributed by atoms with E-state index in [1.165, 1.54) is 17.3 Å². The zero-order valence-corrected chi connectivity index (χ0v) is 19.8. The second-order valence-electron chi connectivity index (χ2n) is 8.51. The minimum absolute atomic E-state index is 0.00381. The number of para-hydroxylation sites is 1. The van der Waals surface area contributed by atoms with Gasteiger partial charge in [-0.25, -0.2) is 0 Å². The number of aromatic nitrogens is 2. The second-order valence-corrected chi connectivity index (χ2v) is 9.43. The van der Waals surface area contributed by atoms with Crippen molar-refractivity contribution in [3.05, 3.63) is 76.8 Å². The normalized spacial score (nSPS) is 15.8. The number of ketones is 1. The number of benzene rings is 2. The molecule has 2 aromatic carbocycles. The molecular weight excluding hydrogens is 422 g/mol. The lowest BCUT2D eigenvalue weighted by Gasteiger charge is -2.23. The van der Waals surface area contributed by atoms with Crippen molar-refractivity contribution in [1.82, 2.24) is 10.2 Å². The summed E-state index contributed by atoms with van der Waals surface area (Å²) in [5.74, 6) is 1.41. The van der Waals surface area contributed by atoms with Crippen LogP contribution >= 0.6 is 11.8 Å². The first kappa shape index (κ1) is 22.1. The van der Waals surface area contributed by atoms with Crippen molar-refractivity contribution in [1.29, 1.82) is 0 Å². The lowest BCUT2D eigenvalue weighted by Crippen LogP contribution is -2.24.